The fraction of sp³-hybridized carbons (Fsp3) is 0.0588. The molecule has 0 spiro atoms. The predicted octanol–water partition coefficient (Wildman–Crippen LogP) is 4.24. The second kappa shape index (κ2) is 5.53. The molecule has 20 heavy (non-hydrogen) atoms. The van der Waals surface area contributed by atoms with Crippen molar-refractivity contribution < 1.29 is 4.74 Å². The van der Waals surface area contributed by atoms with E-state index in [1.807, 2.05) is 55.5 Å². The third kappa shape index (κ3) is 2.83. The predicted molar refractivity (Wildman–Crippen MR) is 78.7 cm³/mol. The zero-order valence-corrected chi connectivity index (χ0v) is 11.2. The first-order valence-electron chi connectivity index (χ1n) is 6.44. The van der Waals surface area contributed by atoms with E-state index in [1.165, 1.54) is 5.56 Å². The highest BCUT2D eigenvalue weighted by atomic mass is 16.5. The van der Waals surface area contributed by atoms with E-state index in [0.717, 1.165) is 17.0 Å². The van der Waals surface area contributed by atoms with Crippen molar-refractivity contribution in [3.8, 4) is 22.9 Å². The van der Waals surface area contributed by atoms with Gasteiger partial charge in [0.2, 0.25) is 0 Å². The van der Waals surface area contributed by atoms with Gasteiger partial charge < -0.3 is 4.74 Å². The summed E-state index contributed by atoms with van der Waals surface area (Å²) < 4.78 is 5.63. The Morgan fingerprint density at radius 1 is 0.800 bits per heavy atom. The van der Waals surface area contributed by atoms with Crippen LogP contribution in [0.3, 0.4) is 0 Å². The monoisotopic (exact) mass is 262 g/mol. The highest BCUT2D eigenvalue weighted by Gasteiger charge is 2.01. The highest BCUT2D eigenvalue weighted by molar-refractivity contribution is 5.63. The SMILES string of the molecule is Cc1ccnc(Oc2ccc(-c3ccccc3)cc2)n1. The molecule has 1 aromatic heterocycles. The normalized spacial score (nSPS) is 10.2. The first kappa shape index (κ1) is 12.4. The van der Waals surface area contributed by atoms with E-state index < -0.39 is 0 Å². The van der Waals surface area contributed by atoms with Gasteiger partial charge in [-0.1, -0.05) is 42.5 Å². The van der Waals surface area contributed by atoms with Gasteiger partial charge in [-0.2, -0.15) is 0 Å². The fourth-order valence-electron chi connectivity index (χ4n) is 1.93. The zero-order chi connectivity index (χ0) is 13.8. The van der Waals surface area contributed by atoms with Gasteiger partial charge in [-0.15, -0.1) is 0 Å². The van der Waals surface area contributed by atoms with Crippen LogP contribution < -0.4 is 4.74 Å². The van der Waals surface area contributed by atoms with Crippen LogP contribution in [0, 0.1) is 6.92 Å². The van der Waals surface area contributed by atoms with Gasteiger partial charge in [0.05, 0.1) is 0 Å². The van der Waals surface area contributed by atoms with Crippen molar-refractivity contribution in [2.45, 2.75) is 6.92 Å². The lowest BCUT2D eigenvalue weighted by Gasteiger charge is -2.05. The van der Waals surface area contributed by atoms with Crippen LogP contribution in [0.5, 0.6) is 11.8 Å². The van der Waals surface area contributed by atoms with Crippen molar-refractivity contribution in [1.29, 1.82) is 0 Å². The Morgan fingerprint density at radius 2 is 1.50 bits per heavy atom. The minimum absolute atomic E-state index is 0.373. The van der Waals surface area contributed by atoms with Crippen LogP contribution in [0.4, 0.5) is 0 Å². The van der Waals surface area contributed by atoms with Gasteiger partial charge in [-0.25, -0.2) is 9.97 Å². The van der Waals surface area contributed by atoms with Crippen molar-refractivity contribution in [3.05, 3.63) is 72.6 Å². The van der Waals surface area contributed by atoms with Gasteiger partial charge in [0.1, 0.15) is 5.75 Å². The molecule has 1 heterocycles. The lowest BCUT2D eigenvalue weighted by atomic mass is 10.1. The Morgan fingerprint density at radius 3 is 2.20 bits per heavy atom. The van der Waals surface area contributed by atoms with E-state index >= 15 is 0 Å². The molecule has 0 aliphatic heterocycles. The molecular formula is C17H14N2O. The molecule has 0 bridgehead atoms. The van der Waals surface area contributed by atoms with E-state index in [1.54, 1.807) is 6.20 Å². The highest BCUT2D eigenvalue weighted by Crippen LogP contribution is 2.24. The molecule has 0 fully saturated rings. The van der Waals surface area contributed by atoms with E-state index in [4.69, 9.17) is 4.74 Å². The largest absolute Gasteiger partial charge is 0.424 e. The quantitative estimate of drug-likeness (QED) is 0.708. The summed E-state index contributed by atoms with van der Waals surface area (Å²) in [5.41, 5.74) is 3.23. The third-order valence-electron chi connectivity index (χ3n) is 2.94. The van der Waals surface area contributed by atoms with Crippen LogP contribution in [0.1, 0.15) is 5.69 Å². The van der Waals surface area contributed by atoms with Crippen molar-refractivity contribution in [2.24, 2.45) is 0 Å². The zero-order valence-electron chi connectivity index (χ0n) is 11.2. The minimum atomic E-state index is 0.373. The summed E-state index contributed by atoms with van der Waals surface area (Å²) >= 11 is 0. The van der Waals surface area contributed by atoms with Crippen LogP contribution in [-0.4, -0.2) is 9.97 Å². The third-order valence-corrected chi connectivity index (χ3v) is 2.94. The number of benzene rings is 2. The summed E-state index contributed by atoms with van der Waals surface area (Å²) in [7, 11) is 0. The second-order valence-electron chi connectivity index (χ2n) is 4.47. The number of nitrogens with zero attached hydrogens (tertiary/aromatic N) is 2. The number of ether oxygens (including phenoxy) is 1. The molecule has 3 nitrogen and oxygen atoms in total. The topological polar surface area (TPSA) is 35.0 Å². The molecule has 0 radical (unpaired) electrons. The Balaban J connectivity index is 1.80. The Labute approximate surface area is 117 Å². The minimum Gasteiger partial charge on any atom is -0.424 e. The summed E-state index contributed by atoms with van der Waals surface area (Å²) in [6.45, 7) is 1.91. The van der Waals surface area contributed by atoms with E-state index in [2.05, 4.69) is 22.1 Å². The average Bonchev–Trinajstić information content (AvgIpc) is 2.49. The molecule has 2 aromatic carbocycles. The molecule has 0 unspecified atom stereocenters. The molecule has 0 N–H and O–H groups in total. The fourth-order valence-corrected chi connectivity index (χ4v) is 1.93. The molecule has 0 aliphatic carbocycles. The Kier molecular flexibility index (Phi) is 3.42. The first-order chi connectivity index (χ1) is 9.81. The van der Waals surface area contributed by atoms with Gasteiger partial charge in [0, 0.05) is 11.9 Å². The van der Waals surface area contributed by atoms with Gasteiger partial charge in [0.15, 0.2) is 0 Å². The molecule has 0 aliphatic rings. The van der Waals surface area contributed by atoms with Crippen molar-refractivity contribution >= 4 is 0 Å². The van der Waals surface area contributed by atoms with Crippen molar-refractivity contribution in [1.82, 2.24) is 9.97 Å². The molecule has 3 rings (SSSR count). The maximum atomic E-state index is 5.63. The van der Waals surface area contributed by atoms with Crippen LogP contribution in [0.15, 0.2) is 66.9 Å². The molecule has 3 heteroatoms. The summed E-state index contributed by atoms with van der Waals surface area (Å²) in [4.78, 5) is 8.30. The molecule has 0 saturated heterocycles. The number of hydrogen-bond donors (Lipinski definition) is 0. The molecule has 3 aromatic rings. The Hall–Kier alpha value is -2.68. The van der Waals surface area contributed by atoms with E-state index in [0.29, 0.717) is 6.01 Å². The number of rotatable bonds is 3. The van der Waals surface area contributed by atoms with Gasteiger partial charge in [0.25, 0.3) is 0 Å². The van der Waals surface area contributed by atoms with Crippen LogP contribution >= 0.6 is 0 Å². The van der Waals surface area contributed by atoms with Gasteiger partial charge in [-0.05, 0) is 36.2 Å². The lowest BCUT2D eigenvalue weighted by Crippen LogP contribution is -1.92. The summed E-state index contributed by atoms with van der Waals surface area (Å²) in [5.74, 6) is 0.732. The van der Waals surface area contributed by atoms with Gasteiger partial charge in [-0.3, -0.25) is 0 Å². The number of aromatic nitrogens is 2. The maximum absolute atomic E-state index is 5.63. The molecular weight excluding hydrogens is 248 g/mol. The Bertz CT molecular complexity index is 694. The summed E-state index contributed by atoms with van der Waals surface area (Å²) in [6.07, 6.45) is 1.69. The standard InChI is InChI=1S/C17H14N2O/c1-13-11-12-18-17(19-13)20-16-9-7-15(8-10-16)14-5-3-2-4-6-14/h2-12H,1H3. The van der Waals surface area contributed by atoms with E-state index in [9.17, 15) is 0 Å². The molecule has 0 atom stereocenters. The first-order valence-corrected chi connectivity index (χ1v) is 6.44. The van der Waals surface area contributed by atoms with Crippen molar-refractivity contribution in [2.75, 3.05) is 0 Å². The smallest absolute Gasteiger partial charge is 0.322 e. The molecule has 0 saturated carbocycles. The van der Waals surface area contributed by atoms with Crippen LogP contribution in [0.2, 0.25) is 0 Å². The second-order valence-corrected chi connectivity index (χ2v) is 4.47. The van der Waals surface area contributed by atoms with Crippen LogP contribution in [0.25, 0.3) is 11.1 Å². The number of hydrogen-bond acceptors (Lipinski definition) is 3. The number of aryl methyl sites for hydroxylation is 1. The van der Waals surface area contributed by atoms with Gasteiger partial charge >= 0.3 is 6.01 Å². The maximum Gasteiger partial charge on any atom is 0.322 e. The summed E-state index contributed by atoms with van der Waals surface area (Å²) in [5, 5.41) is 0. The van der Waals surface area contributed by atoms with Crippen LogP contribution in [-0.2, 0) is 0 Å². The summed E-state index contributed by atoms with van der Waals surface area (Å²) in [6, 6.07) is 20.3. The average molecular weight is 262 g/mol. The van der Waals surface area contributed by atoms with E-state index in [-0.39, 0.29) is 0 Å². The molecule has 0 amide bonds. The molecule has 98 valence electrons. The lowest BCUT2D eigenvalue weighted by molar-refractivity contribution is 0.440. The van der Waals surface area contributed by atoms with Crippen molar-refractivity contribution in [3.63, 3.8) is 0 Å².